The predicted octanol–water partition coefficient (Wildman–Crippen LogP) is 23.7. The molecule has 19 heteroatoms. The van der Waals surface area contributed by atoms with Crippen molar-refractivity contribution in [3.8, 4) is 0 Å². The average Bonchev–Trinajstić information content (AvgIpc) is 0.928. The second-order valence-electron chi connectivity index (χ2n) is 26.6. The quantitative estimate of drug-likeness (QED) is 0.0169. The van der Waals surface area contributed by atoms with E-state index in [0.717, 1.165) is 154 Å². The molecule has 17 nitrogen and oxygen atoms in total. The first-order chi connectivity index (χ1) is 50.7. The molecular formula is C85H144O17P2. The van der Waals surface area contributed by atoms with Gasteiger partial charge in [-0.1, -0.05) is 309 Å². The molecule has 5 unspecified atom stereocenters. The summed E-state index contributed by atoms with van der Waals surface area (Å²) in [5, 5.41) is 10.6. The van der Waals surface area contributed by atoms with Gasteiger partial charge in [-0.3, -0.25) is 37.3 Å². The van der Waals surface area contributed by atoms with Crippen LogP contribution in [0.3, 0.4) is 0 Å². The number of allylic oxidation sites excluding steroid dienone is 22. The third-order valence-corrected chi connectivity index (χ3v) is 18.5. The smallest absolute Gasteiger partial charge is 0.462 e. The van der Waals surface area contributed by atoms with Crippen molar-refractivity contribution in [1.29, 1.82) is 0 Å². The van der Waals surface area contributed by atoms with Crippen molar-refractivity contribution in [2.24, 2.45) is 0 Å². The number of unbranched alkanes of at least 4 members (excludes halogenated alkanes) is 27. The maximum Gasteiger partial charge on any atom is 0.472 e. The monoisotopic (exact) mass is 1500 g/mol. The van der Waals surface area contributed by atoms with E-state index in [9.17, 15) is 43.2 Å². The van der Waals surface area contributed by atoms with Gasteiger partial charge in [0, 0.05) is 25.7 Å². The average molecular weight is 1500 g/mol. The maximum atomic E-state index is 13.1. The van der Waals surface area contributed by atoms with E-state index in [1.165, 1.54) is 83.5 Å². The molecule has 0 fully saturated rings. The Morgan fingerprint density at radius 1 is 0.279 bits per heavy atom. The number of esters is 4. The van der Waals surface area contributed by atoms with Gasteiger partial charge in [0.2, 0.25) is 0 Å². The maximum absolute atomic E-state index is 13.1. The normalized spacial score (nSPS) is 14.6. The SMILES string of the molecule is CC/C=C\C/C=C\C/C=C\C/C=C\C/C=C\C/C=C\CCC(=O)OCC(COP(=O)(O)OCC(O)COP(=O)(O)OCC(COC(=O)CCCCCCCCCCCCCCCCC)OC(=O)CCCCCCC/C=C\CCCC)OC(=O)CCCCCCCC/C=C\C/C=C\C/C=C\C/C=C\CC. The lowest BCUT2D eigenvalue weighted by molar-refractivity contribution is -0.161. The molecule has 0 radical (unpaired) electrons. The van der Waals surface area contributed by atoms with Crippen LogP contribution in [0.15, 0.2) is 134 Å². The fraction of sp³-hybridized carbons (Fsp3) is 0.694. The molecule has 0 heterocycles. The van der Waals surface area contributed by atoms with Gasteiger partial charge in [0.25, 0.3) is 0 Å². The number of carbonyl (C=O) groups excluding carboxylic acids is 4. The van der Waals surface area contributed by atoms with Crippen molar-refractivity contribution in [2.75, 3.05) is 39.6 Å². The molecule has 0 bridgehead atoms. The number of carbonyl (C=O) groups is 4. The lowest BCUT2D eigenvalue weighted by Crippen LogP contribution is -2.30. The van der Waals surface area contributed by atoms with Crippen LogP contribution in [0.2, 0.25) is 0 Å². The molecule has 0 aromatic carbocycles. The first-order valence-electron chi connectivity index (χ1n) is 40.4. The number of hydrogen-bond donors (Lipinski definition) is 3. The third kappa shape index (κ3) is 75.4. The summed E-state index contributed by atoms with van der Waals surface area (Å²) >= 11 is 0. The van der Waals surface area contributed by atoms with E-state index in [0.29, 0.717) is 32.1 Å². The van der Waals surface area contributed by atoms with Crippen LogP contribution in [0.5, 0.6) is 0 Å². The number of rotatable bonds is 75. The Kier molecular flexibility index (Phi) is 72.9. The lowest BCUT2D eigenvalue weighted by atomic mass is 10.0. The molecule has 0 aliphatic rings. The zero-order chi connectivity index (χ0) is 76.0. The molecule has 0 amide bonds. The standard InChI is InChI=1S/C85H144O17P2/c1-5-9-13-17-21-25-29-32-35-37-39-41-44-47-51-54-58-62-66-70-83(88)96-76-81(102-85(90)72-68-64-60-56-52-48-45-42-40-38-36-33-30-26-22-18-14-10-6-2)78-100-104(93,94)98-74-79(86)73-97-103(91,92)99-77-80(101-84(89)71-67-63-59-55-49-28-24-20-16-12-8-4)75-95-82(87)69-65-61-57-53-50-46-43-34-31-27-23-19-15-11-7-3/h9-10,13-14,20-22,24-26,32-33,35-36,39-42,47,51,58,62,79-81,86H,5-8,11-12,15-19,23,27-31,34,37-38,43-46,48-50,52-57,59-61,63-78H2,1-4H3,(H,91,92)(H,93,94)/b13-9-,14-10-,24-20-,25-21-,26-22-,35-32-,36-33-,41-39-,42-40-,51-47-,62-58-. The molecular weight excluding hydrogens is 1350 g/mol. The van der Waals surface area contributed by atoms with Gasteiger partial charge in [0.1, 0.15) is 19.3 Å². The van der Waals surface area contributed by atoms with Crippen LogP contribution in [0, 0.1) is 0 Å². The van der Waals surface area contributed by atoms with Gasteiger partial charge in [0.15, 0.2) is 12.2 Å². The fourth-order valence-corrected chi connectivity index (χ4v) is 12.1. The summed E-state index contributed by atoms with van der Waals surface area (Å²) in [6, 6.07) is 0. The third-order valence-electron chi connectivity index (χ3n) is 16.6. The van der Waals surface area contributed by atoms with Gasteiger partial charge < -0.3 is 33.8 Å². The molecule has 0 saturated heterocycles. The van der Waals surface area contributed by atoms with Crippen LogP contribution in [0.1, 0.15) is 323 Å². The molecule has 3 N–H and O–H groups in total. The summed E-state index contributed by atoms with van der Waals surface area (Å²) in [4.78, 5) is 73.0. The van der Waals surface area contributed by atoms with Gasteiger partial charge in [0.05, 0.1) is 26.4 Å². The van der Waals surface area contributed by atoms with Gasteiger partial charge in [-0.25, -0.2) is 9.13 Å². The molecule has 0 spiro atoms. The highest BCUT2D eigenvalue weighted by Crippen LogP contribution is 2.45. The number of ether oxygens (including phenoxy) is 4. The minimum Gasteiger partial charge on any atom is -0.462 e. The Bertz CT molecular complexity index is 2490. The topological polar surface area (TPSA) is 237 Å². The summed E-state index contributed by atoms with van der Waals surface area (Å²) in [7, 11) is -9.98. The van der Waals surface area contributed by atoms with E-state index in [-0.39, 0.29) is 25.7 Å². The predicted molar refractivity (Wildman–Crippen MR) is 427 cm³/mol. The van der Waals surface area contributed by atoms with Gasteiger partial charge in [-0.15, -0.1) is 0 Å². The Hall–Kier alpha value is -4.80. The summed E-state index contributed by atoms with van der Waals surface area (Å²) in [5.41, 5.74) is 0. The van der Waals surface area contributed by atoms with Gasteiger partial charge in [-0.2, -0.15) is 0 Å². The van der Waals surface area contributed by atoms with Crippen molar-refractivity contribution in [1.82, 2.24) is 0 Å². The van der Waals surface area contributed by atoms with E-state index < -0.39 is 97.5 Å². The number of phosphoric acid groups is 2. The van der Waals surface area contributed by atoms with E-state index >= 15 is 0 Å². The van der Waals surface area contributed by atoms with Crippen LogP contribution in [0.4, 0.5) is 0 Å². The molecule has 104 heavy (non-hydrogen) atoms. The van der Waals surface area contributed by atoms with Gasteiger partial charge in [-0.05, 0) is 122 Å². The Morgan fingerprint density at radius 2 is 0.529 bits per heavy atom. The fourth-order valence-electron chi connectivity index (χ4n) is 10.5. The van der Waals surface area contributed by atoms with E-state index in [4.69, 9.17) is 37.0 Å². The summed E-state index contributed by atoms with van der Waals surface area (Å²) in [5.74, 6) is -2.29. The second kappa shape index (κ2) is 76.4. The number of aliphatic hydroxyl groups is 1. The number of phosphoric ester groups is 2. The largest absolute Gasteiger partial charge is 0.472 e. The Morgan fingerprint density at radius 3 is 0.865 bits per heavy atom. The molecule has 5 atom stereocenters. The van der Waals surface area contributed by atoms with Crippen LogP contribution >= 0.6 is 15.6 Å². The van der Waals surface area contributed by atoms with E-state index in [2.05, 4.69) is 143 Å². The van der Waals surface area contributed by atoms with Crippen molar-refractivity contribution in [2.45, 2.75) is 341 Å². The van der Waals surface area contributed by atoms with Crippen molar-refractivity contribution in [3.05, 3.63) is 134 Å². The second-order valence-corrected chi connectivity index (χ2v) is 29.5. The Labute approximate surface area is 631 Å². The molecule has 0 aliphatic carbocycles. The Balaban J connectivity index is 5.42. The van der Waals surface area contributed by atoms with E-state index in [1.54, 1.807) is 0 Å². The van der Waals surface area contributed by atoms with Crippen LogP contribution < -0.4 is 0 Å². The minimum absolute atomic E-state index is 0.0295. The molecule has 596 valence electrons. The summed E-state index contributed by atoms with van der Waals surface area (Å²) in [6.45, 7) is 4.52. The van der Waals surface area contributed by atoms with Crippen molar-refractivity contribution < 1.29 is 80.2 Å². The summed E-state index contributed by atoms with van der Waals surface area (Å²) in [6.07, 6.45) is 85.9. The molecule has 0 aromatic rings. The summed E-state index contributed by atoms with van der Waals surface area (Å²) < 4.78 is 68.5. The first-order valence-corrected chi connectivity index (χ1v) is 43.4. The zero-order valence-electron chi connectivity index (χ0n) is 65.2. The number of hydrogen-bond acceptors (Lipinski definition) is 15. The lowest BCUT2D eigenvalue weighted by Gasteiger charge is -2.21. The molecule has 0 aromatic heterocycles. The van der Waals surface area contributed by atoms with Crippen LogP contribution in [-0.4, -0.2) is 96.7 Å². The molecule has 0 rings (SSSR count). The minimum atomic E-state index is -5.00. The zero-order valence-corrected chi connectivity index (χ0v) is 66.9. The van der Waals surface area contributed by atoms with Crippen LogP contribution in [0.25, 0.3) is 0 Å². The highest BCUT2D eigenvalue weighted by atomic mass is 31.2. The van der Waals surface area contributed by atoms with Crippen molar-refractivity contribution in [3.63, 3.8) is 0 Å². The van der Waals surface area contributed by atoms with Crippen LogP contribution in [-0.2, 0) is 65.4 Å². The number of aliphatic hydroxyl groups excluding tert-OH is 1. The van der Waals surface area contributed by atoms with Gasteiger partial charge >= 0.3 is 39.5 Å². The highest BCUT2D eigenvalue weighted by molar-refractivity contribution is 7.47. The van der Waals surface area contributed by atoms with E-state index in [1.807, 2.05) is 18.2 Å². The highest BCUT2D eigenvalue weighted by Gasteiger charge is 2.30. The molecule has 0 aliphatic heterocycles. The first kappa shape index (κ1) is 99.2. The molecule has 0 saturated carbocycles. The van der Waals surface area contributed by atoms with Crippen molar-refractivity contribution >= 4 is 39.5 Å².